The third kappa shape index (κ3) is 6.14. The van der Waals surface area contributed by atoms with Gasteiger partial charge in [0.15, 0.2) is 5.96 Å². The molecular weight excluding hydrogens is 360 g/mol. The van der Waals surface area contributed by atoms with Crippen molar-refractivity contribution in [3.05, 3.63) is 34.5 Å². The van der Waals surface area contributed by atoms with Crippen LogP contribution in [0.1, 0.15) is 16.8 Å². The minimum atomic E-state index is 0.615. The van der Waals surface area contributed by atoms with Gasteiger partial charge in [0.2, 0.25) is 5.95 Å². The summed E-state index contributed by atoms with van der Waals surface area (Å²) in [6.45, 7) is 11.4. The smallest absolute Gasteiger partial charge is 0.225 e. The first-order valence-electron chi connectivity index (χ1n) is 9.42. The van der Waals surface area contributed by atoms with Gasteiger partial charge in [0.1, 0.15) is 5.01 Å². The highest BCUT2D eigenvalue weighted by atomic mass is 32.1. The van der Waals surface area contributed by atoms with Crippen molar-refractivity contribution in [2.75, 3.05) is 50.7 Å². The van der Waals surface area contributed by atoms with Crippen molar-refractivity contribution in [3.63, 3.8) is 0 Å². The Hall–Kier alpha value is -2.26. The third-order valence-corrected chi connectivity index (χ3v) is 5.21. The molecule has 3 rings (SSSR count). The van der Waals surface area contributed by atoms with Gasteiger partial charge in [-0.05, 0) is 19.9 Å². The first kappa shape index (κ1) is 19.5. The first-order valence-corrected chi connectivity index (χ1v) is 10.2. The lowest BCUT2D eigenvalue weighted by molar-refractivity contribution is 0.260. The molecule has 1 saturated heterocycles. The number of hydrogen-bond acceptors (Lipinski definition) is 7. The van der Waals surface area contributed by atoms with Crippen LogP contribution < -0.4 is 15.5 Å². The molecule has 0 aliphatic carbocycles. The lowest BCUT2D eigenvalue weighted by Crippen LogP contribution is -2.49. The molecule has 1 aliphatic heterocycles. The van der Waals surface area contributed by atoms with Crippen molar-refractivity contribution in [1.29, 1.82) is 0 Å². The molecular formula is C18H28N8S. The van der Waals surface area contributed by atoms with Gasteiger partial charge in [0, 0.05) is 69.3 Å². The second kappa shape index (κ2) is 10.2. The van der Waals surface area contributed by atoms with Gasteiger partial charge in [-0.15, -0.1) is 11.3 Å². The standard InChI is InChI=1S/C18H28N8S/c1-3-19-17(24-14-16-23-13-15(2)27-16)20-7-8-25-9-11-26(12-10-25)18-21-5-4-6-22-18/h4-6,13H,3,7-12,14H2,1-2H3,(H2,19,20,24). The topological polar surface area (TPSA) is 81.6 Å². The van der Waals surface area contributed by atoms with Crippen molar-refractivity contribution < 1.29 is 0 Å². The summed E-state index contributed by atoms with van der Waals surface area (Å²) < 4.78 is 0. The lowest BCUT2D eigenvalue weighted by Gasteiger charge is -2.34. The molecule has 0 atom stereocenters. The Bertz CT molecular complexity index is 709. The van der Waals surface area contributed by atoms with E-state index in [-0.39, 0.29) is 0 Å². The number of aryl methyl sites for hydroxylation is 1. The fraction of sp³-hybridized carbons (Fsp3) is 0.556. The molecule has 0 aromatic carbocycles. The number of anilines is 1. The van der Waals surface area contributed by atoms with E-state index >= 15 is 0 Å². The fourth-order valence-electron chi connectivity index (χ4n) is 2.92. The molecule has 0 radical (unpaired) electrons. The summed E-state index contributed by atoms with van der Waals surface area (Å²) in [6.07, 6.45) is 5.50. The highest BCUT2D eigenvalue weighted by Crippen LogP contribution is 2.12. The van der Waals surface area contributed by atoms with Crippen LogP contribution in [-0.2, 0) is 6.54 Å². The molecule has 27 heavy (non-hydrogen) atoms. The van der Waals surface area contributed by atoms with Crippen LogP contribution >= 0.6 is 11.3 Å². The van der Waals surface area contributed by atoms with Crippen LogP contribution in [-0.4, -0.2) is 71.6 Å². The van der Waals surface area contributed by atoms with Gasteiger partial charge in [-0.3, -0.25) is 4.90 Å². The Morgan fingerprint density at radius 3 is 2.59 bits per heavy atom. The van der Waals surface area contributed by atoms with E-state index in [0.717, 1.165) is 62.7 Å². The van der Waals surface area contributed by atoms with Crippen molar-refractivity contribution in [3.8, 4) is 0 Å². The normalized spacial score (nSPS) is 15.8. The summed E-state index contributed by atoms with van der Waals surface area (Å²) in [4.78, 5) is 23.6. The summed E-state index contributed by atoms with van der Waals surface area (Å²) in [5, 5.41) is 7.77. The van der Waals surface area contributed by atoms with Crippen molar-refractivity contribution in [2.24, 2.45) is 4.99 Å². The number of guanidine groups is 1. The molecule has 0 amide bonds. The molecule has 2 N–H and O–H groups in total. The third-order valence-electron chi connectivity index (χ3n) is 4.31. The van der Waals surface area contributed by atoms with E-state index in [4.69, 9.17) is 0 Å². The predicted molar refractivity (Wildman–Crippen MR) is 110 cm³/mol. The Balaban J connectivity index is 1.40. The molecule has 1 aliphatic rings. The highest BCUT2D eigenvalue weighted by Gasteiger charge is 2.18. The Labute approximate surface area is 164 Å². The minimum Gasteiger partial charge on any atom is -0.357 e. The molecule has 2 aromatic heterocycles. The van der Waals surface area contributed by atoms with Crippen LogP contribution in [0.4, 0.5) is 5.95 Å². The van der Waals surface area contributed by atoms with Crippen molar-refractivity contribution in [2.45, 2.75) is 20.4 Å². The molecule has 0 bridgehead atoms. The predicted octanol–water partition coefficient (Wildman–Crippen LogP) is 1.12. The monoisotopic (exact) mass is 388 g/mol. The Kier molecular flexibility index (Phi) is 7.35. The summed E-state index contributed by atoms with van der Waals surface area (Å²) in [6, 6.07) is 1.85. The molecule has 0 spiro atoms. The Morgan fingerprint density at radius 2 is 1.93 bits per heavy atom. The summed E-state index contributed by atoms with van der Waals surface area (Å²) in [7, 11) is 0. The average molecular weight is 389 g/mol. The van der Waals surface area contributed by atoms with E-state index in [2.05, 4.69) is 54.2 Å². The van der Waals surface area contributed by atoms with Crippen LogP contribution in [0.15, 0.2) is 29.6 Å². The second-order valence-electron chi connectivity index (χ2n) is 6.36. The second-order valence-corrected chi connectivity index (χ2v) is 7.68. The van der Waals surface area contributed by atoms with Gasteiger partial charge in [0.25, 0.3) is 0 Å². The maximum Gasteiger partial charge on any atom is 0.225 e. The summed E-state index contributed by atoms with van der Waals surface area (Å²) in [5.74, 6) is 1.68. The number of nitrogens with one attached hydrogen (secondary N) is 2. The number of thiazole rings is 1. The van der Waals surface area contributed by atoms with Crippen LogP contribution in [0.25, 0.3) is 0 Å². The number of piperazine rings is 1. The molecule has 9 heteroatoms. The minimum absolute atomic E-state index is 0.615. The number of aliphatic imine (C=N–C) groups is 1. The molecule has 146 valence electrons. The largest absolute Gasteiger partial charge is 0.357 e. The molecule has 0 saturated carbocycles. The van der Waals surface area contributed by atoms with Crippen LogP contribution in [0.5, 0.6) is 0 Å². The molecule has 1 fully saturated rings. The van der Waals surface area contributed by atoms with Crippen LogP contribution in [0, 0.1) is 6.92 Å². The summed E-state index contributed by atoms with van der Waals surface area (Å²) >= 11 is 1.70. The van der Waals surface area contributed by atoms with E-state index < -0.39 is 0 Å². The van der Waals surface area contributed by atoms with E-state index in [1.165, 1.54) is 4.88 Å². The Morgan fingerprint density at radius 1 is 1.15 bits per heavy atom. The van der Waals surface area contributed by atoms with E-state index in [9.17, 15) is 0 Å². The molecule has 0 unspecified atom stereocenters. The van der Waals surface area contributed by atoms with Crippen LogP contribution in [0.3, 0.4) is 0 Å². The lowest BCUT2D eigenvalue weighted by atomic mass is 10.3. The molecule has 3 heterocycles. The summed E-state index contributed by atoms with van der Waals surface area (Å²) in [5.41, 5.74) is 0. The molecule has 2 aromatic rings. The highest BCUT2D eigenvalue weighted by molar-refractivity contribution is 7.11. The average Bonchev–Trinajstić information content (AvgIpc) is 3.12. The molecule has 8 nitrogen and oxygen atoms in total. The van der Waals surface area contributed by atoms with Gasteiger partial charge in [-0.2, -0.15) is 0 Å². The number of hydrogen-bond donors (Lipinski definition) is 2. The SMILES string of the molecule is CCNC(=NCc1ncc(C)s1)NCCN1CCN(c2ncccn2)CC1. The van der Waals surface area contributed by atoms with Gasteiger partial charge >= 0.3 is 0 Å². The zero-order valence-electron chi connectivity index (χ0n) is 16.1. The fourth-order valence-corrected chi connectivity index (χ4v) is 3.63. The van der Waals surface area contributed by atoms with Gasteiger partial charge in [-0.25, -0.2) is 19.9 Å². The van der Waals surface area contributed by atoms with Crippen molar-refractivity contribution in [1.82, 2.24) is 30.5 Å². The van der Waals surface area contributed by atoms with E-state index in [1.807, 2.05) is 12.3 Å². The maximum absolute atomic E-state index is 4.63. The number of nitrogens with zero attached hydrogens (tertiary/aromatic N) is 6. The zero-order chi connectivity index (χ0) is 18.9. The first-order chi connectivity index (χ1) is 13.2. The van der Waals surface area contributed by atoms with E-state index in [1.54, 1.807) is 23.7 Å². The maximum atomic E-state index is 4.63. The van der Waals surface area contributed by atoms with Gasteiger partial charge in [-0.1, -0.05) is 0 Å². The van der Waals surface area contributed by atoms with Gasteiger partial charge in [0.05, 0.1) is 6.54 Å². The van der Waals surface area contributed by atoms with Crippen molar-refractivity contribution >= 4 is 23.2 Å². The van der Waals surface area contributed by atoms with Gasteiger partial charge < -0.3 is 15.5 Å². The quantitative estimate of drug-likeness (QED) is 0.543. The zero-order valence-corrected chi connectivity index (χ0v) is 16.9. The van der Waals surface area contributed by atoms with E-state index in [0.29, 0.717) is 6.54 Å². The van der Waals surface area contributed by atoms with Crippen LogP contribution in [0.2, 0.25) is 0 Å². The number of aromatic nitrogens is 3. The number of rotatable bonds is 7.